The van der Waals surface area contributed by atoms with Crippen LogP contribution in [0.25, 0.3) is 0 Å². The number of hydrogen-bond donors (Lipinski definition) is 1. The molecule has 98 valence electrons. The van der Waals surface area contributed by atoms with Crippen LogP contribution in [0.1, 0.15) is 38.6 Å². The third-order valence-electron chi connectivity index (χ3n) is 3.32. The van der Waals surface area contributed by atoms with Crippen molar-refractivity contribution in [3.63, 3.8) is 0 Å². The van der Waals surface area contributed by atoms with Gasteiger partial charge in [0.2, 0.25) is 0 Å². The predicted octanol–water partition coefficient (Wildman–Crippen LogP) is 3.04. The number of aromatic nitrogens is 2. The van der Waals surface area contributed by atoms with Crippen molar-refractivity contribution in [1.82, 2.24) is 15.1 Å². The van der Waals surface area contributed by atoms with E-state index in [1.54, 1.807) is 0 Å². The Morgan fingerprint density at radius 1 is 1.41 bits per heavy atom. The summed E-state index contributed by atoms with van der Waals surface area (Å²) in [7, 11) is 2.02. The molecular weight excluding hydrogens is 234 g/mol. The lowest BCUT2D eigenvalue weighted by Gasteiger charge is -2.20. The quantitative estimate of drug-likeness (QED) is 0.849. The second kappa shape index (κ2) is 6.41. The smallest absolute Gasteiger partial charge is 0.0847 e. The number of nitrogens with one attached hydrogen (secondary N) is 1. The van der Waals surface area contributed by atoms with Crippen molar-refractivity contribution in [3.8, 4) is 0 Å². The highest BCUT2D eigenvalue weighted by molar-refractivity contribution is 6.31. The largest absolute Gasteiger partial charge is 0.317 e. The highest BCUT2D eigenvalue weighted by Gasteiger charge is 2.16. The zero-order chi connectivity index (χ0) is 13.0. The Balaban J connectivity index is 2.74. The van der Waals surface area contributed by atoms with E-state index in [1.165, 1.54) is 5.69 Å². The molecule has 1 atom stereocenters. The van der Waals surface area contributed by atoms with E-state index in [1.807, 2.05) is 18.7 Å². The molecule has 1 aromatic heterocycles. The molecular formula is C13H24ClN3. The molecule has 17 heavy (non-hydrogen) atoms. The van der Waals surface area contributed by atoms with E-state index in [-0.39, 0.29) is 0 Å². The van der Waals surface area contributed by atoms with E-state index >= 15 is 0 Å². The predicted molar refractivity (Wildman–Crippen MR) is 73.7 cm³/mol. The fraction of sp³-hybridized carbons (Fsp3) is 0.769. The van der Waals surface area contributed by atoms with E-state index in [4.69, 9.17) is 11.6 Å². The lowest BCUT2D eigenvalue weighted by Crippen LogP contribution is -2.31. The maximum Gasteiger partial charge on any atom is 0.0847 e. The van der Waals surface area contributed by atoms with Gasteiger partial charge in [0.15, 0.2) is 0 Å². The van der Waals surface area contributed by atoms with Crippen LogP contribution >= 0.6 is 11.6 Å². The standard InChI is InChI=1S/C13H24ClN3/c1-6-17-12(13(14)10(4)16-17)8-7-11(15-5)9(2)3/h9,11,15H,6-8H2,1-5H3. The molecule has 1 heterocycles. The van der Waals surface area contributed by atoms with Crippen LogP contribution in [-0.2, 0) is 13.0 Å². The van der Waals surface area contributed by atoms with Gasteiger partial charge in [-0.3, -0.25) is 4.68 Å². The van der Waals surface area contributed by atoms with Gasteiger partial charge in [-0.15, -0.1) is 0 Å². The Morgan fingerprint density at radius 3 is 2.53 bits per heavy atom. The van der Waals surface area contributed by atoms with Crippen LogP contribution in [0.5, 0.6) is 0 Å². The fourth-order valence-corrected chi connectivity index (χ4v) is 2.44. The molecule has 1 rings (SSSR count). The van der Waals surface area contributed by atoms with E-state index in [9.17, 15) is 0 Å². The summed E-state index contributed by atoms with van der Waals surface area (Å²) in [6.45, 7) is 9.44. The van der Waals surface area contributed by atoms with Crippen LogP contribution in [0.2, 0.25) is 5.02 Å². The van der Waals surface area contributed by atoms with E-state index in [0.29, 0.717) is 12.0 Å². The molecule has 1 unspecified atom stereocenters. The zero-order valence-corrected chi connectivity index (χ0v) is 12.3. The van der Waals surface area contributed by atoms with Crippen LogP contribution in [-0.4, -0.2) is 22.9 Å². The lowest BCUT2D eigenvalue weighted by atomic mass is 9.98. The number of rotatable bonds is 6. The fourth-order valence-electron chi connectivity index (χ4n) is 2.21. The molecule has 0 spiro atoms. The van der Waals surface area contributed by atoms with Crippen LogP contribution in [0.4, 0.5) is 0 Å². The third kappa shape index (κ3) is 3.46. The maximum atomic E-state index is 6.30. The molecule has 0 fully saturated rings. The first-order valence-corrected chi connectivity index (χ1v) is 6.78. The van der Waals surface area contributed by atoms with Gasteiger partial charge < -0.3 is 5.32 Å². The van der Waals surface area contributed by atoms with Gasteiger partial charge in [-0.1, -0.05) is 25.4 Å². The molecule has 4 heteroatoms. The highest BCUT2D eigenvalue weighted by Crippen LogP contribution is 2.22. The summed E-state index contributed by atoms with van der Waals surface area (Å²) in [5, 5.41) is 8.64. The molecule has 0 aliphatic heterocycles. The lowest BCUT2D eigenvalue weighted by molar-refractivity contribution is 0.398. The van der Waals surface area contributed by atoms with Gasteiger partial charge >= 0.3 is 0 Å². The second-order valence-electron chi connectivity index (χ2n) is 4.84. The minimum Gasteiger partial charge on any atom is -0.317 e. The third-order valence-corrected chi connectivity index (χ3v) is 3.81. The molecule has 0 radical (unpaired) electrons. The van der Waals surface area contributed by atoms with Gasteiger partial charge in [0.1, 0.15) is 0 Å². The van der Waals surface area contributed by atoms with Crippen molar-refractivity contribution in [1.29, 1.82) is 0 Å². The molecule has 0 amide bonds. The first-order valence-electron chi connectivity index (χ1n) is 6.40. The molecule has 0 aromatic carbocycles. The van der Waals surface area contributed by atoms with Crippen molar-refractivity contribution in [2.45, 2.75) is 53.1 Å². The van der Waals surface area contributed by atoms with Crippen LogP contribution in [0.15, 0.2) is 0 Å². The minimum atomic E-state index is 0.534. The van der Waals surface area contributed by atoms with Crippen LogP contribution in [0, 0.1) is 12.8 Å². The average Bonchev–Trinajstić information content (AvgIpc) is 2.56. The van der Waals surface area contributed by atoms with E-state index in [2.05, 4.69) is 31.2 Å². The molecule has 0 aliphatic rings. The first-order chi connectivity index (χ1) is 8.01. The maximum absolute atomic E-state index is 6.30. The van der Waals surface area contributed by atoms with Gasteiger partial charge in [-0.05, 0) is 39.7 Å². The van der Waals surface area contributed by atoms with Crippen LogP contribution < -0.4 is 5.32 Å². The van der Waals surface area contributed by atoms with Gasteiger partial charge in [0, 0.05) is 12.6 Å². The number of halogens is 1. The Bertz CT molecular complexity index is 358. The SMILES string of the molecule is CCn1nc(C)c(Cl)c1CCC(NC)C(C)C. The molecule has 1 N–H and O–H groups in total. The number of nitrogens with zero attached hydrogens (tertiary/aromatic N) is 2. The summed E-state index contributed by atoms with van der Waals surface area (Å²) in [6.07, 6.45) is 2.08. The Labute approximate surface area is 110 Å². The average molecular weight is 258 g/mol. The Kier molecular flexibility index (Phi) is 5.47. The normalized spacial score (nSPS) is 13.4. The van der Waals surface area contributed by atoms with Gasteiger partial charge in [0.05, 0.1) is 16.4 Å². The summed E-state index contributed by atoms with van der Waals surface area (Å²) in [5.74, 6) is 0.637. The molecule has 0 aliphatic carbocycles. The summed E-state index contributed by atoms with van der Waals surface area (Å²) in [4.78, 5) is 0. The minimum absolute atomic E-state index is 0.534. The summed E-state index contributed by atoms with van der Waals surface area (Å²) < 4.78 is 2.02. The monoisotopic (exact) mass is 257 g/mol. The van der Waals surface area contributed by atoms with E-state index < -0.39 is 0 Å². The Morgan fingerprint density at radius 2 is 2.06 bits per heavy atom. The summed E-state index contributed by atoms with van der Waals surface area (Å²) in [6, 6.07) is 0.534. The number of hydrogen-bond acceptors (Lipinski definition) is 2. The highest BCUT2D eigenvalue weighted by atomic mass is 35.5. The zero-order valence-electron chi connectivity index (χ0n) is 11.5. The van der Waals surface area contributed by atoms with Crippen molar-refractivity contribution in [3.05, 3.63) is 16.4 Å². The molecule has 0 bridgehead atoms. The van der Waals surface area contributed by atoms with Crippen molar-refractivity contribution < 1.29 is 0 Å². The van der Waals surface area contributed by atoms with Gasteiger partial charge in [0.25, 0.3) is 0 Å². The molecule has 3 nitrogen and oxygen atoms in total. The van der Waals surface area contributed by atoms with Gasteiger partial charge in [-0.2, -0.15) is 5.10 Å². The van der Waals surface area contributed by atoms with Gasteiger partial charge in [-0.25, -0.2) is 0 Å². The number of aryl methyl sites for hydroxylation is 2. The Hall–Kier alpha value is -0.540. The topological polar surface area (TPSA) is 29.9 Å². The van der Waals surface area contributed by atoms with Crippen LogP contribution in [0.3, 0.4) is 0 Å². The first kappa shape index (κ1) is 14.5. The molecule has 1 aromatic rings. The van der Waals surface area contributed by atoms with E-state index in [0.717, 1.165) is 30.1 Å². The van der Waals surface area contributed by atoms with Crippen molar-refractivity contribution in [2.75, 3.05) is 7.05 Å². The summed E-state index contributed by atoms with van der Waals surface area (Å²) in [5.41, 5.74) is 2.11. The summed E-state index contributed by atoms with van der Waals surface area (Å²) >= 11 is 6.30. The second-order valence-corrected chi connectivity index (χ2v) is 5.22. The van der Waals surface area contributed by atoms with Crippen molar-refractivity contribution >= 4 is 11.6 Å². The van der Waals surface area contributed by atoms with Crippen molar-refractivity contribution in [2.24, 2.45) is 5.92 Å². The molecule has 0 saturated heterocycles. The molecule has 0 saturated carbocycles.